The van der Waals surface area contributed by atoms with Crippen molar-refractivity contribution in [2.75, 3.05) is 5.32 Å². The highest BCUT2D eigenvalue weighted by Crippen LogP contribution is 2.21. The quantitative estimate of drug-likeness (QED) is 0.867. The average molecular weight is 256 g/mol. The van der Waals surface area contributed by atoms with E-state index in [1.54, 1.807) is 0 Å². The molecule has 2 atom stereocenters. The first-order chi connectivity index (χ1) is 9.22. The molecule has 0 saturated heterocycles. The number of anilines is 1. The van der Waals surface area contributed by atoms with Crippen molar-refractivity contribution in [1.29, 1.82) is 0 Å². The monoisotopic (exact) mass is 256 g/mol. The SMILES string of the molecule is Cc1nc(NC2CCCC(N)C2)nc2ccccc12. The van der Waals surface area contributed by atoms with E-state index in [2.05, 4.69) is 21.4 Å². The van der Waals surface area contributed by atoms with E-state index in [1.165, 1.54) is 6.42 Å². The lowest BCUT2D eigenvalue weighted by molar-refractivity contribution is 0.408. The minimum Gasteiger partial charge on any atom is -0.351 e. The first kappa shape index (κ1) is 12.4. The van der Waals surface area contributed by atoms with Crippen LogP contribution in [0.25, 0.3) is 10.9 Å². The van der Waals surface area contributed by atoms with Crippen LogP contribution in [0.3, 0.4) is 0 Å². The predicted molar refractivity (Wildman–Crippen MR) is 78.1 cm³/mol. The molecule has 2 aromatic rings. The van der Waals surface area contributed by atoms with Crippen LogP contribution in [-0.2, 0) is 0 Å². The minimum atomic E-state index is 0.313. The Hall–Kier alpha value is -1.68. The van der Waals surface area contributed by atoms with E-state index in [0.717, 1.165) is 41.8 Å². The summed E-state index contributed by atoms with van der Waals surface area (Å²) in [4.78, 5) is 9.15. The lowest BCUT2D eigenvalue weighted by atomic mass is 9.92. The van der Waals surface area contributed by atoms with Crippen molar-refractivity contribution in [1.82, 2.24) is 9.97 Å². The Labute approximate surface area is 113 Å². The van der Waals surface area contributed by atoms with Crippen LogP contribution < -0.4 is 11.1 Å². The Morgan fingerprint density at radius 1 is 1.21 bits per heavy atom. The molecule has 0 bridgehead atoms. The number of aryl methyl sites for hydroxylation is 1. The van der Waals surface area contributed by atoms with Crippen LogP contribution in [-0.4, -0.2) is 22.1 Å². The zero-order valence-corrected chi connectivity index (χ0v) is 11.3. The van der Waals surface area contributed by atoms with Crippen LogP contribution in [0, 0.1) is 6.92 Å². The van der Waals surface area contributed by atoms with Crippen molar-refractivity contribution in [3.8, 4) is 0 Å². The van der Waals surface area contributed by atoms with Crippen molar-refractivity contribution in [2.24, 2.45) is 5.73 Å². The molecule has 1 saturated carbocycles. The number of hydrogen-bond donors (Lipinski definition) is 2. The van der Waals surface area contributed by atoms with Gasteiger partial charge >= 0.3 is 0 Å². The van der Waals surface area contributed by atoms with Gasteiger partial charge < -0.3 is 11.1 Å². The third-order valence-electron chi connectivity index (χ3n) is 3.84. The van der Waals surface area contributed by atoms with Crippen molar-refractivity contribution in [3.05, 3.63) is 30.0 Å². The first-order valence-electron chi connectivity index (χ1n) is 6.98. The van der Waals surface area contributed by atoms with Gasteiger partial charge in [-0.25, -0.2) is 9.97 Å². The summed E-state index contributed by atoms with van der Waals surface area (Å²) in [6.45, 7) is 2.03. The summed E-state index contributed by atoms with van der Waals surface area (Å²) in [6, 6.07) is 8.84. The van der Waals surface area contributed by atoms with E-state index < -0.39 is 0 Å². The van der Waals surface area contributed by atoms with Crippen LogP contribution in [0.4, 0.5) is 5.95 Å². The van der Waals surface area contributed by atoms with Crippen LogP contribution in [0.15, 0.2) is 24.3 Å². The second kappa shape index (κ2) is 5.13. The lowest BCUT2D eigenvalue weighted by Crippen LogP contribution is -2.35. The lowest BCUT2D eigenvalue weighted by Gasteiger charge is -2.27. The topological polar surface area (TPSA) is 63.8 Å². The van der Waals surface area contributed by atoms with Crippen molar-refractivity contribution in [3.63, 3.8) is 0 Å². The van der Waals surface area contributed by atoms with E-state index in [1.807, 2.05) is 25.1 Å². The highest BCUT2D eigenvalue weighted by Gasteiger charge is 2.19. The van der Waals surface area contributed by atoms with Gasteiger partial charge in [0, 0.05) is 17.5 Å². The normalized spacial score (nSPS) is 23.5. The number of rotatable bonds is 2. The van der Waals surface area contributed by atoms with E-state index >= 15 is 0 Å². The smallest absolute Gasteiger partial charge is 0.223 e. The maximum absolute atomic E-state index is 6.02. The fraction of sp³-hybridized carbons (Fsp3) is 0.467. The summed E-state index contributed by atoms with van der Waals surface area (Å²) in [5.74, 6) is 0.732. The van der Waals surface area contributed by atoms with Gasteiger partial charge in [0.15, 0.2) is 0 Å². The fourth-order valence-corrected chi connectivity index (χ4v) is 2.84. The maximum atomic E-state index is 6.02. The molecule has 2 unspecified atom stereocenters. The van der Waals surface area contributed by atoms with Crippen molar-refractivity contribution < 1.29 is 0 Å². The van der Waals surface area contributed by atoms with E-state index in [9.17, 15) is 0 Å². The van der Waals surface area contributed by atoms with Crippen molar-refractivity contribution in [2.45, 2.75) is 44.7 Å². The number of fused-ring (bicyclic) bond motifs is 1. The van der Waals surface area contributed by atoms with Gasteiger partial charge in [0.05, 0.1) is 11.2 Å². The molecule has 3 rings (SSSR count). The van der Waals surface area contributed by atoms with Gasteiger partial charge in [0.2, 0.25) is 5.95 Å². The molecule has 4 heteroatoms. The molecule has 0 radical (unpaired) electrons. The molecule has 3 N–H and O–H groups in total. The third-order valence-corrected chi connectivity index (χ3v) is 3.84. The Kier molecular flexibility index (Phi) is 3.34. The molecule has 1 fully saturated rings. The molecule has 1 aromatic carbocycles. The zero-order chi connectivity index (χ0) is 13.2. The van der Waals surface area contributed by atoms with Gasteiger partial charge in [0.25, 0.3) is 0 Å². The number of nitrogens with one attached hydrogen (secondary N) is 1. The molecular formula is C15H20N4. The molecule has 1 heterocycles. The molecule has 19 heavy (non-hydrogen) atoms. The predicted octanol–water partition coefficient (Wildman–Crippen LogP) is 2.62. The van der Waals surface area contributed by atoms with E-state index in [4.69, 9.17) is 5.73 Å². The van der Waals surface area contributed by atoms with E-state index in [0.29, 0.717) is 12.1 Å². The summed E-state index contributed by atoms with van der Waals surface area (Å²) < 4.78 is 0. The molecule has 0 spiro atoms. The standard InChI is InChI=1S/C15H20N4/c1-10-13-7-2-3-8-14(13)19-15(17-10)18-12-6-4-5-11(16)9-12/h2-3,7-8,11-12H,4-6,9,16H2,1H3,(H,17,18,19). The first-order valence-corrected chi connectivity index (χ1v) is 6.98. The van der Waals surface area contributed by atoms with Gasteiger partial charge in [-0.05, 0) is 38.7 Å². The molecule has 1 aliphatic carbocycles. The van der Waals surface area contributed by atoms with Crippen LogP contribution >= 0.6 is 0 Å². The second-order valence-electron chi connectivity index (χ2n) is 5.42. The number of aromatic nitrogens is 2. The number of hydrogen-bond acceptors (Lipinski definition) is 4. The van der Waals surface area contributed by atoms with Gasteiger partial charge in [-0.3, -0.25) is 0 Å². The Morgan fingerprint density at radius 3 is 2.89 bits per heavy atom. The van der Waals surface area contributed by atoms with Crippen LogP contribution in [0.1, 0.15) is 31.4 Å². The summed E-state index contributed by atoms with van der Waals surface area (Å²) in [5.41, 5.74) is 8.04. The van der Waals surface area contributed by atoms with Crippen molar-refractivity contribution >= 4 is 16.9 Å². The molecule has 0 aliphatic heterocycles. The maximum Gasteiger partial charge on any atom is 0.223 e. The molecular weight excluding hydrogens is 236 g/mol. The number of nitrogens with zero attached hydrogens (tertiary/aromatic N) is 2. The zero-order valence-electron chi connectivity index (χ0n) is 11.3. The van der Waals surface area contributed by atoms with Gasteiger partial charge in [-0.2, -0.15) is 0 Å². The van der Waals surface area contributed by atoms with Crippen LogP contribution in [0.5, 0.6) is 0 Å². The Bertz CT molecular complexity index is 581. The fourth-order valence-electron chi connectivity index (χ4n) is 2.84. The molecule has 0 amide bonds. The van der Waals surface area contributed by atoms with Gasteiger partial charge in [0.1, 0.15) is 0 Å². The van der Waals surface area contributed by atoms with Crippen LogP contribution in [0.2, 0.25) is 0 Å². The summed E-state index contributed by atoms with van der Waals surface area (Å²) >= 11 is 0. The second-order valence-corrected chi connectivity index (χ2v) is 5.42. The number of para-hydroxylation sites is 1. The number of benzene rings is 1. The molecule has 1 aliphatic rings. The highest BCUT2D eigenvalue weighted by atomic mass is 15.1. The summed E-state index contributed by atoms with van der Waals surface area (Å²) in [5, 5.41) is 4.56. The van der Waals surface area contributed by atoms with Gasteiger partial charge in [-0.1, -0.05) is 18.2 Å². The third kappa shape index (κ3) is 2.68. The minimum absolute atomic E-state index is 0.313. The molecule has 4 nitrogen and oxygen atoms in total. The highest BCUT2D eigenvalue weighted by molar-refractivity contribution is 5.81. The van der Waals surface area contributed by atoms with E-state index in [-0.39, 0.29) is 0 Å². The Morgan fingerprint density at radius 2 is 2.05 bits per heavy atom. The van der Waals surface area contributed by atoms with Gasteiger partial charge in [-0.15, -0.1) is 0 Å². The summed E-state index contributed by atoms with van der Waals surface area (Å²) in [7, 11) is 0. The Balaban J connectivity index is 1.85. The molecule has 100 valence electrons. The largest absolute Gasteiger partial charge is 0.351 e. The average Bonchev–Trinajstić information content (AvgIpc) is 2.39. The summed E-state index contributed by atoms with van der Waals surface area (Å²) in [6.07, 6.45) is 4.49. The molecule has 1 aromatic heterocycles. The number of nitrogens with two attached hydrogens (primary N) is 1.